The van der Waals surface area contributed by atoms with Crippen LogP contribution in [0.1, 0.15) is 38.4 Å². The van der Waals surface area contributed by atoms with Crippen molar-refractivity contribution in [2.75, 3.05) is 0 Å². The molecule has 0 spiro atoms. The lowest BCUT2D eigenvalue weighted by atomic mass is 9.76. The topological polar surface area (TPSA) is 4.93 Å². The summed E-state index contributed by atoms with van der Waals surface area (Å²) in [6, 6.07) is 6.32. The van der Waals surface area contributed by atoms with Crippen molar-refractivity contribution in [2.45, 2.75) is 46.6 Å². The van der Waals surface area contributed by atoms with Gasteiger partial charge in [0.2, 0.25) is 0 Å². The molecular weight excluding hydrogens is 242 g/mol. The molecule has 2 heteroatoms. The van der Waals surface area contributed by atoms with E-state index in [1.165, 1.54) is 41.4 Å². The van der Waals surface area contributed by atoms with Crippen molar-refractivity contribution in [2.24, 2.45) is 5.41 Å². The molecule has 0 bridgehead atoms. The lowest BCUT2D eigenvalue weighted by Gasteiger charge is -2.30. The van der Waals surface area contributed by atoms with Crippen LogP contribution < -0.4 is 0 Å². The van der Waals surface area contributed by atoms with Crippen molar-refractivity contribution < 1.29 is 0 Å². The molecule has 2 aromatic rings. The van der Waals surface area contributed by atoms with Gasteiger partial charge in [0, 0.05) is 28.2 Å². The molecule has 0 aliphatic heterocycles. The summed E-state index contributed by atoms with van der Waals surface area (Å²) in [7, 11) is 0. The van der Waals surface area contributed by atoms with Crippen LogP contribution in [-0.4, -0.2) is 4.57 Å². The summed E-state index contributed by atoms with van der Waals surface area (Å²) in [5.41, 5.74) is 4.84. The Bertz CT molecular complexity index is 607. The molecule has 18 heavy (non-hydrogen) atoms. The van der Waals surface area contributed by atoms with Gasteiger partial charge >= 0.3 is 0 Å². The number of halogens is 1. The average molecular weight is 262 g/mol. The van der Waals surface area contributed by atoms with Crippen molar-refractivity contribution in [1.82, 2.24) is 4.57 Å². The fraction of sp³-hybridized carbons (Fsp3) is 0.500. The van der Waals surface area contributed by atoms with Crippen LogP contribution in [0.4, 0.5) is 0 Å². The van der Waals surface area contributed by atoms with Crippen LogP contribution in [0.2, 0.25) is 5.02 Å². The molecule has 0 saturated heterocycles. The van der Waals surface area contributed by atoms with Crippen molar-refractivity contribution in [3.8, 4) is 0 Å². The van der Waals surface area contributed by atoms with Gasteiger partial charge < -0.3 is 4.57 Å². The van der Waals surface area contributed by atoms with Crippen LogP contribution in [0.3, 0.4) is 0 Å². The SMILES string of the molecule is CCn1c2c(c3cc(Cl)ccc31)CC(C)(C)CC2. The highest BCUT2D eigenvalue weighted by atomic mass is 35.5. The van der Waals surface area contributed by atoms with Gasteiger partial charge in [-0.15, -0.1) is 0 Å². The molecular formula is C16H20ClN. The van der Waals surface area contributed by atoms with Gasteiger partial charge in [-0.3, -0.25) is 0 Å². The molecule has 1 aliphatic carbocycles. The molecule has 0 N–H and O–H groups in total. The highest BCUT2D eigenvalue weighted by Crippen LogP contribution is 2.40. The van der Waals surface area contributed by atoms with Crippen LogP contribution >= 0.6 is 11.6 Å². The minimum absolute atomic E-state index is 0.419. The van der Waals surface area contributed by atoms with Gasteiger partial charge in [-0.05, 0) is 55.4 Å². The summed E-state index contributed by atoms with van der Waals surface area (Å²) in [5, 5.41) is 2.22. The summed E-state index contributed by atoms with van der Waals surface area (Å²) in [6.07, 6.45) is 3.65. The van der Waals surface area contributed by atoms with Gasteiger partial charge in [-0.2, -0.15) is 0 Å². The molecule has 0 saturated carbocycles. The summed E-state index contributed by atoms with van der Waals surface area (Å²) in [5.74, 6) is 0. The van der Waals surface area contributed by atoms with Crippen LogP contribution in [-0.2, 0) is 19.4 Å². The lowest BCUT2D eigenvalue weighted by molar-refractivity contribution is 0.311. The van der Waals surface area contributed by atoms with Crippen LogP contribution in [0, 0.1) is 5.41 Å². The number of benzene rings is 1. The maximum Gasteiger partial charge on any atom is 0.0486 e. The Morgan fingerprint density at radius 3 is 2.83 bits per heavy atom. The van der Waals surface area contributed by atoms with Crippen LogP contribution in [0.25, 0.3) is 10.9 Å². The quantitative estimate of drug-likeness (QED) is 0.693. The number of aryl methyl sites for hydroxylation is 1. The van der Waals surface area contributed by atoms with E-state index in [9.17, 15) is 0 Å². The van der Waals surface area contributed by atoms with Gasteiger partial charge in [-0.1, -0.05) is 25.4 Å². The van der Waals surface area contributed by atoms with Crippen LogP contribution in [0.15, 0.2) is 18.2 Å². The Kier molecular flexibility index (Phi) is 2.71. The first kappa shape index (κ1) is 12.1. The highest BCUT2D eigenvalue weighted by Gasteiger charge is 2.29. The zero-order valence-electron chi connectivity index (χ0n) is 11.4. The van der Waals surface area contributed by atoms with E-state index in [1.807, 2.05) is 6.07 Å². The predicted octanol–water partition coefficient (Wildman–Crippen LogP) is 4.83. The van der Waals surface area contributed by atoms with Gasteiger partial charge in [0.05, 0.1) is 0 Å². The monoisotopic (exact) mass is 261 g/mol. The minimum Gasteiger partial charge on any atom is -0.345 e. The summed E-state index contributed by atoms with van der Waals surface area (Å²) in [4.78, 5) is 0. The van der Waals surface area contributed by atoms with Crippen molar-refractivity contribution in [3.63, 3.8) is 0 Å². The maximum absolute atomic E-state index is 6.18. The van der Waals surface area contributed by atoms with Crippen molar-refractivity contribution >= 4 is 22.5 Å². The fourth-order valence-corrected chi connectivity index (χ4v) is 3.49. The molecule has 1 nitrogen and oxygen atoms in total. The second kappa shape index (κ2) is 4.03. The van der Waals surface area contributed by atoms with E-state index < -0.39 is 0 Å². The van der Waals surface area contributed by atoms with E-state index in [0.29, 0.717) is 5.41 Å². The number of fused-ring (bicyclic) bond motifs is 3. The molecule has 1 aromatic carbocycles. The lowest BCUT2D eigenvalue weighted by Crippen LogP contribution is -2.22. The van der Waals surface area contributed by atoms with Gasteiger partial charge in [-0.25, -0.2) is 0 Å². The number of rotatable bonds is 1. The molecule has 0 radical (unpaired) electrons. The third-order valence-corrected chi connectivity index (χ3v) is 4.49. The van der Waals surface area contributed by atoms with E-state index in [-0.39, 0.29) is 0 Å². The normalized spacial score (nSPS) is 18.0. The Labute approximate surface area is 114 Å². The average Bonchev–Trinajstić information content (AvgIpc) is 2.60. The van der Waals surface area contributed by atoms with E-state index in [4.69, 9.17) is 11.6 Å². The molecule has 1 heterocycles. The Morgan fingerprint density at radius 1 is 1.33 bits per heavy atom. The fourth-order valence-electron chi connectivity index (χ4n) is 3.32. The molecule has 0 fully saturated rings. The molecule has 3 rings (SSSR count). The minimum atomic E-state index is 0.419. The third-order valence-electron chi connectivity index (χ3n) is 4.26. The number of hydrogen-bond donors (Lipinski definition) is 0. The summed E-state index contributed by atoms with van der Waals surface area (Å²) < 4.78 is 2.47. The van der Waals surface area contributed by atoms with E-state index in [1.54, 1.807) is 0 Å². The van der Waals surface area contributed by atoms with Crippen LogP contribution in [0.5, 0.6) is 0 Å². The van der Waals surface area contributed by atoms with Crippen molar-refractivity contribution in [1.29, 1.82) is 0 Å². The maximum atomic E-state index is 6.18. The predicted molar refractivity (Wildman–Crippen MR) is 78.4 cm³/mol. The Morgan fingerprint density at radius 2 is 2.11 bits per heavy atom. The van der Waals surface area contributed by atoms with Gasteiger partial charge in [0.15, 0.2) is 0 Å². The van der Waals surface area contributed by atoms with E-state index >= 15 is 0 Å². The van der Waals surface area contributed by atoms with Gasteiger partial charge in [0.1, 0.15) is 0 Å². The zero-order valence-corrected chi connectivity index (χ0v) is 12.1. The standard InChI is InChI=1S/C16H20ClN/c1-4-18-14-6-5-11(17)9-12(14)13-10-16(2,3)8-7-15(13)18/h5-6,9H,4,7-8,10H2,1-3H3. The highest BCUT2D eigenvalue weighted by molar-refractivity contribution is 6.31. The first-order valence-electron chi connectivity index (χ1n) is 6.81. The molecule has 0 unspecified atom stereocenters. The number of hydrogen-bond acceptors (Lipinski definition) is 0. The Balaban J connectivity index is 2.30. The Hall–Kier alpha value is -0.950. The van der Waals surface area contributed by atoms with E-state index in [2.05, 4.69) is 37.5 Å². The largest absolute Gasteiger partial charge is 0.345 e. The molecule has 96 valence electrons. The first-order chi connectivity index (χ1) is 8.52. The van der Waals surface area contributed by atoms with Gasteiger partial charge in [0.25, 0.3) is 0 Å². The summed E-state index contributed by atoms with van der Waals surface area (Å²) >= 11 is 6.18. The number of nitrogens with zero attached hydrogens (tertiary/aromatic N) is 1. The molecule has 0 atom stereocenters. The molecule has 1 aliphatic rings. The van der Waals surface area contributed by atoms with Crippen molar-refractivity contribution in [3.05, 3.63) is 34.5 Å². The third kappa shape index (κ3) is 1.76. The zero-order chi connectivity index (χ0) is 12.9. The van der Waals surface area contributed by atoms with E-state index in [0.717, 1.165) is 11.6 Å². The smallest absolute Gasteiger partial charge is 0.0486 e. The number of aromatic nitrogens is 1. The molecule has 1 aromatic heterocycles. The first-order valence-corrected chi connectivity index (χ1v) is 7.19. The second-order valence-corrected chi connectivity index (χ2v) is 6.61. The molecule has 0 amide bonds. The second-order valence-electron chi connectivity index (χ2n) is 6.17. The summed E-state index contributed by atoms with van der Waals surface area (Å²) in [6.45, 7) is 8.02.